The van der Waals surface area contributed by atoms with Crippen LogP contribution in [0.3, 0.4) is 0 Å². The van der Waals surface area contributed by atoms with E-state index in [9.17, 15) is 9.59 Å². The second-order valence-electron chi connectivity index (χ2n) is 13.1. The Hall–Kier alpha value is -1.18. The molecule has 1 rings (SSSR count). The molecule has 0 unspecified atom stereocenters. The van der Waals surface area contributed by atoms with E-state index in [1.807, 2.05) is 0 Å². The molecule has 0 radical (unpaired) electrons. The molecule has 1 aliphatic rings. The van der Waals surface area contributed by atoms with Gasteiger partial charge < -0.3 is 19.4 Å². The third kappa shape index (κ3) is 22.9. The van der Waals surface area contributed by atoms with Gasteiger partial charge in [-0.25, -0.2) is 0 Å². The highest BCUT2D eigenvalue weighted by Crippen LogP contribution is 2.12. The van der Waals surface area contributed by atoms with Crippen molar-refractivity contribution in [2.24, 2.45) is 0 Å². The van der Waals surface area contributed by atoms with E-state index in [1.54, 1.807) is 0 Å². The molecule has 1 aliphatic heterocycles. The van der Waals surface area contributed by atoms with Gasteiger partial charge in [0.1, 0.15) is 0 Å². The zero-order chi connectivity index (χ0) is 31.4. The van der Waals surface area contributed by atoms with E-state index in [0.717, 1.165) is 65.2 Å². The summed E-state index contributed by atoms with van der Waals surface area (Å²) in [6.45, 7) is 14.2. The van der Waals surface area contributed by atoms with Crippen molar-refractivity contribution in [2.45, 2.75) is 142 Å². The van der Waals surface area contributed by atoms with E-state index >= 15 is 0 Å². The van der Waals surface area contributed by atoms with Crippen LogP contribution in [0.2, 0.25) is 0 Å². The Morgan fingerprint density at radius 3 is 1.47 bits per heavy atom. The van der Waals surface area contributed by atoms with Gasteiger partial charge in [-0.1, -0.05) is 110 Å². The minimum Gasteiger partial charge on any atom is -0.469 e. The Balaban J connectivity index is 2.58. The Bertz CT molecular complexity index is 654. The van der Waals surface area contributed by atoms with E-state index in [4.69, 9.17) is 4.74 Å². The third-order valence-corrected chi connectivity index (χ3v) is 9.19. The summed E-state index contributed by atoms with van der Waals surface area (Å²) in [7, 11) is 3.62. The number of rotatable bonds is 29. The molecular weight excluding hydrogens is 536 g/mol. The number of carbonyl (C=O) groups excluding carboxylic acids is 2. The maximum absolute atomic E-state index is 13.3. The van der Waals surface area contributed by atoms with Crippen molar-refractivity contribution in [3.63, 3.8) is 0 Å². The molecule has 1 saturated heterocycles. The van der Waals surface area contributed by atoms with E-state index < -0.39 is 0 Å². The van der Waals surface area contributed by atoms with Gasteiger partial charge in [-0.05, 0) is 52.4 Å². The number of likely N-dealkylation sites (N-methyl/N-ethyl adjacent to an activating group) is 1. The van der Waals surface area contributed by atoms with Crippen molar-refractivity contribution in [3.8, 4) is 0 Å². The molecule has 0 aromatic carbocycles. The SMILES string of the molecule is CCCCCCCCCN(CCCCCCCC(=O)OC)CCN(CCCCCCCCC)CC(=O)N1CCN(C)CC1. The molecule has 7 nitrogen and oxygen atoms in total. The van der Waals surface area contributed by atoms with Crippen molar-refractivity contribution in [3.05, 3.63) is 0 Å². The largest absolute Gasteiger partial charge is 0.469 e. The summed E-state index contributed by atoms with van der Waals surface area (Å²) in [6.07, 6.45) is 24.8. The molecule has 0 aliphatic carbocycles. The van der Waals surface area contributed by atoms with Crippen molar-refractivity contribution in [1.29, 1.82) is 0 Å². The van der Waals surface area contributed by atoms with Gasteiger partial charge in [0.25, 0.3) is 0 Å². The second-order valence-corrected chi connectivity index (χ2v) is 13.1. The number of hydrogen-bond donors (Lipinski definition) is 0. The summed E-state index contributed by atoms with van der Waals surface area (Å²) < 4.78 is 4.77. The highest BCUT2D eigenvalue weighted by atomic mass is 16.5. The van der Waals surface area contributed by atoms with E-state index in [-0.39, 0.29) is 5.97 Å². The second kappa shape index (κ2) is 28.3. The van der Waals surface area contributed by atoms with Gasteiger partial charge in [0, 0.05) is 45.7 Å². The van der Waals surface area contributed by atoms with Crippen LogP contribution in [0.4, 0.5) is 0 Å². The molecule has 1 heterocycles. The number of esters is 1. The Kier molecular flexibility index (Phi) is 26.2. The van der Waals surface area contributed by atoms with Gasteiger partial charge in [0.05, 0.1) is 13.7 Å². The molecule has 0 atom stereocenters. The number of hydrogen-bond acceptors (Lipinski definition) is 6. The zero-order valence-electron chi connectivity index (χ0n) is 29.2. The molecular formula is C36H72N4O3. The molecule has 0 saturated carbocycles. The summed E-state index contributed by atoms with van der Waals surface area (Å²) in [4.78, 5) is 34.2. The van der Waals surface area contributed by atoms with Gasteiger partial charge in [0.15, 0.2) is 0 Å². The van der Waals surface area contributed by atoms with Crippen molar-refractivity contribution >= 4 is 11.9 Å². The van der Waals surface area contributed by atoms with Crippen LogP contribution in [0.15, 0.2) is 0 Å². The number of methoxy groups -OCH3 is 1. The van der Waals surface area contributed by atoms with Crippen molar-refractivity contribution in [1.82, 2.24) is 19.6 Å². The monoisotopic (exact) mass is 609 g/mol. The lowest BCUT2D eigenvalue weighted by Gasteiger charge is -2.34. The van der Waals surface area contributed by atoms with Gasteiger partial charge in [-0.2, -0.15) is 0 Å². The molecule has 0 aromatic rings. The van der Waals surface area contributed by atoms with Crippen molar-refractivity contribution < 1.29 is 14.3 Å². The summed E-state index contributed by atoms with van der Waals surface area (Å²) >= 11 is 0. The maximum Gasteiger partial charge on any atom is 0.305 e. The van der Waals surface area contributed by atoms with Crippen LogP contribution in [0.1, 0.15) is 142 Å². The average Bonchev–Trinajstić information content (AvgIpc) is 3.01. The molecule has 0 aromatic heterocycles. The quantitative estimate of drug-likeness (QED) is 0.0653. The minimum absolute atomic E-state index is 0.0898. The lowest BCUT2D eigenvalue weighted by atomic mass is 10.1. The molecule has 7 heteroatoms. The predicted molar refractivity (Wildman–Crippen MR) is 183 cm³/mol. The first-order valence-electron chi connectivity index (χ1n) is 18.5. The zero-order valence-corrected chi connectivity index (χ0v) is 29.2. The maximum atomic E-state index is 13.3. The highest BCUT2D eigenvalue weighted by molar-refractivity contribution is 5.78. The standard InChI is InChI=1S/C36H72N4O3/c1-5-7-9-11-13-17-21-25-38(26-22-19-15-16-20-24-36(42)43-4)30-31-39(27-23-18-14-12-10-8-6-2)34-35(41)40-32-28-37(3)29-33-40/h5-34H2,1-4H3. The number of unbranched alkanes of at least 4 members (excludes halogenated alkanes) is 16. The molecule has 0 spiro atoms. The van der Waals surface area contributed by atoms with Crippen LogP contribution in [0.5, 0.6) is 0 Å². The number of amides is 1. The van der Waals surface area contributed by atoms with Crippen LogP contribution in [-0.4, -0.2) is 111 Å². The highest BCUT2D eigenvalue weighted by Gasteiger charge is 2.21. The van der Waals surface area contributed by atoms with Gasteiger partial charge >= 0.3 is 5.97 Å². The van der Waals surface area contributed by atoms with Crippen LogP contribution in [0.25, 0.3) is 0 Å². The summed E-state index contributed by atoms with van der Waals surface area (Å²) in [6, 6.07) is 0. The first kappa shape index (κ1) is 39.8. The van der Waals surface area contributed by atoms with Crippen LogP contribution in [0, 0.1) is 0 Å². The van der Waals surface area contributed by atoms with Crippen LogP contribution in [-0.2, 0) is 14.3 Å². The van der Waals surface area contributed by atoms with Gasteiger partial charge in [-0.15, -0.1) is 0 Å². The topological polar surface area (TPSA) is 56.3 Å². The fourth-order valence-corrected chi connectivity index (χ4v) is 6.06. The van der Waals surface area contributed by atoms with Crippen LogP contribution >= 0.6 is 0 Å². The Labute approximate surface area is 267 Å². The molecule has 1 amide bonds. The fraction of sp³-hybridized carbons (Fsp3) is 0.944. The molecule has 0 bridgehead atoms. The van der Waals surface area contributed by atoms with E-state index in [1.165, 1.54) is 123 Å². The summed E-state index contributed by atoms with van der Waals surface area (Å²) in [5.41, 5.74) is 0. The number of ether oxygens (including phenoxy) is 1. The number of carbonyl (C=O) groups is 2. The lowest BCUT2D eigenvalue weighted by Crippen LogP contribution is -2.50. The smallest absolute Gasteiger partial charge is 0.305 e. The van der Waals surface area contributed by atoms with E-state index in [2.05, 4.69) is 40.5 Å². The number of nitrogens with zero attached hydrogens (tertiary/aromatic N) is 4. The molecule has 0 N–H and O–H groups in total. The molecule has 43 heavy (non-hydrogen) atoms. The molecule has 254 valence electrons. The molecule has 1 fully saturated rings. The first-order valence-corrected chi connectivity index (χ1v) is 18.5. The van der Waals surface area contributed by atoms with Crippen molar-refractivity contribution in [2.75, 3.05) is 79.6 Å². The van der Waals surface area contributed by atoms with E-state index in [0.29, 0.717) is 18.9 Å². The van der Waals surface area contributed by atoms with Gasteiger partial charge in [0.2, 0.25) is 5.91 Å². The third-order valence-electron chi connectivity index (χ3n) is 9.19. The lowest BCUT2D eigenvalue weighted by molar-refractivity contribution is -0.140. The predicted octanol–water partition coefficient (Wildman–Crippen LogP) is 7.38. The van der Waals surface area contributed by atoms with Crippen LogP contribution < -0.4 is 0 Å². The fourth-order valence-electron chi connectivity index (χ4n) is 6.06. The summed E-state index contributed by atoms with van der Waals surface area (Å²) in [5.74, 6) is 0.231. The Morgan fingerprint density at radius 2 is 0.977 bits per heavy atom. The normalized spacial score (nSPS) is 14.2. The number of piperazine rings is 1. The average molecular weight is 609 g/mol. The Morgan fingerprint density at radius 1 is 0.558 bits per heavy atom. The minimum atomic E-state index is -0.0898. The first-order chi connectivity index (χ1) is 21.0. The summed E-state index contributed by atoms with van der Waals surface area (Å²) in [5, 5.41) is 0. The van der Waals surface area contributed by atoms with Gasteiger partial charge in [-0.3, -0.25) is 14.5 Å².